The Labute approximate surface area is 149 Å². The first-order valence-corrected chi connectivity index (χ1v) is 8.72. The first kappa shape index (κ1) is 17.0. The number of carbonyl (C=O) groups is 1. The highest BCUT2D eigenvalue weighted by atomic mass is 16.1. The maximum absolute atomic E-state index is 12.4. The fourth-order valence-corrected chi connectivity index (χ4v) is 2.88. The first-order valence-electron chi connectivity index (χ1n) is 8.72. The number of amides is 1. The van der Waals surface area contributed by atoms with Gasteiger partial charge in [0.25, 0.3) is 5.91 Å². The van der Waals surface area contributed by atoms with E-state index >= 15 is 0 Å². The van der Waals surface area contributed by atoms with E-state index in [1.165, 1.54) is 11.1 Å². The molecule has 0 fully saturated rings. The predicted molar refractivity (Wildman–Crippen MR) is 104 cm³/mol. The second kappa shape index (κ2) is 8.29. The van der Waals surface area contributed by atoms with Gasteiger partial charge in [-0.1, -0.05) is 60.7 Å². The number of aryl methyl sites for hydroxylation is 3. The smallest absolute Gasteiger partial charge is 0.255 e. The minimum absolute atomic E-state index is 0.0647. The van der Waals surface area contributed by atoms with Gasteiger partial charge in [0.15, 0.2) is 0 Å². The minimum atomic E-state index is -0.0647. The number of carbonyl (C=O) groups excluding carboxylic acids is 1. The summed E-state index contributed by atoms with van der Waals surface area (Å²) in [6.45, 7) is 2.02. The van der Waals surface area contributed by atoms with E-state index < -0.39 is 0 Å². The number of hydrogen-bond acceptors (Lipinski definition) is 1. The summed E-state index contributed by atoms with van der Waals surface area (Å²) in [4.78, 5) is 12.4. The van der Waals surface area contributed by atoms with Gasteiger partial charge in [0.05, 0.1) is 0 Å². The van der Waals surface area contributed by atoms with Crippen LogP contribution in [0.5, 0.6) is 0 Å². The van der Waals surface area contributed by atoms with Crippen molar-refractivity contribution in [2.24, 2.45) is 0 Å². The van der Waals surface area contributed by atoms with Crippen LogP contribution in [0.4, 0.5) is 5.69 Å². The van der Waals surface area contributed by atoms with E-state index in [9.17, 15) is 4.79 Å². The van der Waals surface area contributed by atoms with Crippen LogP contribution in [0.2, 0.25) is 0 Å². The van der Waals surface area contributed by atoms with Crippen LogP contribution in [0.25, 0.3) is 0 Å². The average molecular weight is 329 g/mol. The van der Waals surface area contributed by atoms with Crippen LogP contribution in [-0.4, -0.2) is 5.91 Å². The van der Waals surface area contributed by atoms with E-state index in [-0.39, 0.29) is 5.91 Å². The molecular formula is C23H23NO. The zero-order valence-electron chi connectivity index (χ0n) is 14.5. The molecule has 0 saturated heterocycles. The summed E-state index contributed by atoms with van der Waals surface area (Å²) in [7, 11) is 0. The quantitative estimate of drug-likeness (QED) is 0.642. The van der Waals surface area contributed by atoms with Crippen molar-refractivity contribution < 1.29 is 4.79 Å². The summed E-state index contributed by atoms with van der Waals surface area (Å²) < 4.78 is 0. The third-order valence-electron chi connectivity index (χ3n) is 4.36. The lowest BCUT2D eigenvalue weighted by molar-refractivity contribution is 0.102. The summed E-state index contributed by atoms with van der Waals surface area (Å²) in [5.74, 6) is -0.0647. The molecular weight excluding hydrogens is 306 g/mol. The molecule has 0 aliphatic rings. The second-order valence-electron chi connectivity index (χ2n) is 6.31. The van der Waals surface area contributed by atoms with Crippen molar-refractivity contribution in [3.8, 4) is 0 Å². The predicted octanol–water partition coefficient (Wildman–Crippen LogP) is 5.42. The Bertz CT molecular complexity index is 825. The zero-order chi connectivity index (χ0) is 17.5. The number of nitrogens with one attached hydrogen (secondary N) is 1. The van der Waals surface area contributed by atoms with Crippen LogP contribution in [0.15, 0.2) is 78.9 Å². The summed E-state index contributed by atoms with van der Waals surface area (Å²) in [5, 5.41) is 3.04. The fourth-order valence-electron chi connectivity index (χ4n) is 2.88. The molecule has 0 saturated carbocycles. The van der Waals surface area contributed by atoms with Crippen molar-refractivity contribution in [1.29, 1.82) is 0 Å². The van der Waals surface area contributed by atoms with Crippen molar-refractivity contribution in [2.75, 3.05) is 5.32 Å². The highest BCUT2D eigenvalue weighted by molar-refractivity contribution is 6.04. The lowest BCUT2D eigenvalue weighted by atomic mass is 10.0. The van der Waals surface area contributed by atoms with Gasteiger partial charge >= 0.3 is 0 Å². The van der Waals surface area contributed by atoms with Gasteiger partial charge in [-0.15, -0.1) is 0 Å². The molecule has 0 radical (unpaired) electrons. The summed E-state index contributed by atoms with van der Waals surface area (Å²) >= 11 is 0. The second-order valence-corrected chi connectivity index (χ2v) is 6.31. The van der Waals surface area contributed by atoms with Crippen molar-refractivity contribution in [2.45, 2.75) is 26.2 Å². The highest BCUT2D eigenvalue weighted by Gasteiger charge is 2.08. The SMILES string of the molecule is Cc1ccc(CCCc2ccccc2)cc1NC(=O)c1ccccc1. The number of hydrogen-bond donors (Lipinski definition) is 1. The maximum atomic E-state index is 12.4. The Morgan fingerprint density at radius 3 is 2.16 bits per heavy atom. The van der Waals surface area contributed by atoms with E-state index in [2.05, 4.69) is 47.8 Å². The van der Waals surface area contributed by atoms with Gasteiger partial charge in [0, 0.05) is 11.3 Å². The van der Waals surface area contributed by atoms with Crippen LogP contribution in [0.3, 0.4) is 0 Å². The molecule has 0 aromatic heterocycles. The van der Waals surface area contributed by atoms with Gasteiger partial charge < -0.3 is 5.32 Å². The Kier molecular flexibility index (Phi) is 5.63. The molecule has 3 aromatic carbocycles. The first-order chi connectivity index (χ1) is 12.2. The zero-order valence-corrected chi connectivity index (χ0v) is 14.5. The van der Waals surface area contributed by atoms with E-state index in [1.807, 2.05) is 43.3 Å². The van der Waals surface area contributed by atoms with Crippen LogP contribution in [0.1, 0.15) is 33.5 Å². The molecule has 1 N–H and O–H groups in total. The Balaban J connectivity index is 1.63. The third-order valence-corrected chi connectivity index (χ3v) is 4.36. The normalized spacial score (nSPS) is 10.4. The van der Waals surface area contributed by atoms with E-state index in [1.54, 1.807) is 0 Å². The molecule has 1 amide bonds. The Morgan fingerprint density at radius 1 is 0.800 bits per heavy atom. The molecule has 2 nitrogen and oxygen atoms in total. The van der Waals surface area contributed by atoms with Gasteiger partial charge in [0.1, 0.15) is 0 Å². The van der Waals surface area contributed by atoms with E-state index in [0.717, 1.165) is 30.5 Å². The molecule has 0 bridgehead atoms. The van der Waals surface area contributed by atoms with Crippen molar-refractivity contribution in [3.05, 3.63) is 101 Å². The topological polar surface area (TPSA) is 29.1 Å². The van der Waals surface area contributed by atoms with Crippen molar-refractivity contribution in [3.63, 3.8) is 0 Å². The largest absolute Gasteiger partial charge is 0.322 e. The minimum Gasteiger partial charge on any atom is -0.322 e. The van der Waals surface area contributed by atoms with Crippen LogP contribution in [0, 0.1) is 6.92 Å². The molecule has 3 aromatic rings. The standard InChI is InChI=1S/C23H23NO/c1-18-15-16-20(12-8-11-19-9-4-2-5-10-19)17-22(18)24-23(25)21-13-6-3-7-14-21/h2-7,9-10,13-17H,8,11-12H2,1H3,(H,24,25). The number of benzene rings is 3. The number of rotatable bonds is 6. The van der Waals surface area contributed by atoms with Crippen LogP contribution in [-0.2, 0) is 12.8 Å². The van der Waals surface area contributed by atoms with Gasteiger partial charge in [-0.2, -0.15) is 0 Å². The molecule has 0 heterocycles. The van der Waals surface area contributed by atoms with Crippen LogP contribution < -0.4 is 5.32 Å². The molecule has 0 spiro atoms. The molecule has 0 aliphatic carbocycles. The molecule has 0 aliphatic heterocycles. The lowest BCUT2D eigenvalue weighted by Gasteiger charge is -2.11. The highest BCUT2D eigenvalue weighted by Crippen LogP contribution is 2.19. The number of anilines is 1. The fraction of sp³-hybridized carbons (Fsp3) is 0.174. The maximum Gasteiger partial charge on any atom is 0.255 e. The molecule has 0 unspecified atom stereocenters. The molecule has 25 heavy (non-hydrogen) atoms. The summed E-state index contributed by atoms with van der Waals surface area (Å²) in [6, 6.07) is 26.2. The Morgan fingerprint density at radius 2 is 1.44 bits per heavy atom. The van der Waals surface area contributed by atoms with Gasteiger partial charge in [-0.05, 0) is 61.1 Å². The molecule has 126 valence electrons. The van der Waals surface area contributed by atoms with E-state index in [4.69, 9.17) is 0 Å². The van der Waals surface area contributed by atoms with Crippen molar-refractivity contribution >= 4 is 11.6 Å². The van der Waals surface area contributed by atoms with Crippen molar-refractivity contribution in [1.82, 2.24) is 0 Å². The summed E-state index contributed by atoms with van der Waals surface area (Å²) in [6.07, 6.45) is 3.17. The van der Waals surface area contributed by atoms with Crippen LogP contribution >= 0.6 is 0 Å². The van der Waals surface area contributed by atoms with Gasteiger partial charge in [0.2, 0.25) is 0 Å². The molecule has 3 rings (SSSR count). The van der Waals surface area contributed by atoms with Gasteiger partial charge in [-0.3, -0.25) is 4.79 Å². The lowest BCUT2D eigenvalue weighted by Crippen LogP contribution is -2.12. The molecule has 0 atom stereocenters. The third kappa shape index (κ3) is 4.80. The Hall–Kier alpha value is -2.87. The van der Waals surface area contributed by atoms with E-state index in [0.29, 0.717) is 5.56 Å². The summed E-state index contributed by atoms with van der Waals surface area (Å²) in [5.41, 5.74) is 5.27. The monoisotopic (exact) mass is 329 g/mol. The molecule has 2 heteroatoms. The van der Waals surface area contributed by atoms with Gasteiger partial charge in [-0.25, -0.2) is 0 Å². The average Bonchev–Trinajstić information content (AvgIpc) is 2.66.